The summed E-state index contributed by atoms with van der Waals surface area (Å²) in [6.07, 6.45) is 7.73. The molecule has 1 aromatic carbocycles. The average Bonchev–Trinajstić information content (AvgIpc) is 3.22. The molecule has 3 N–H and O–H groups in total. The van der Waals surface area contributed by atoms with Crippen LogP contribution in [0, 0.1) is 0 Å². The minimum absolute atomic E-state index is 0.0298. The van der Waals surface area contributed by atoms with Crippen molar-refractivity contribution in [2.24, 2.45) is 0 Å². The lowest BCUT2D eigenvalue weighted by Gasteiger charge is -2.17. The van der Waals surface area contributed by atoms with E-state index >= 15 is 0 Å². The van der Waals surface area contributed by atoms with E-state index in [1.165, 1.54) is 12.8 Å². The number of amides is 4. The monoisotopic (exact) mass is 398 g/mol. The van der Waals surface area contributed by atoms with E-state index in [-0.39, 0.29) is 24.4 Å². The van der Waals surface area contributed by atoms with Crippen LogP contribution in [0.25, 0.3) is 10.9 Å². The first kappa shape index (κ1) is 20.9. The van der Waals surface area contributed by atoms with Gasteiger partial charge in [0, 0.05) is 29.6 Å². The molecule has 0 saturated carbocycles. The third kappa shape index (κ3) is 5.16. The Morgan fingerprint density at radius 2 is 2.00 bits per heavy atom. The van der Waals surface area contributed by atoms with Gasteiger partial charge in [-0.15, -0.1) is 0 Å². The molecule has 1 aromatic heterocycles. The van der Waals surface area contributed by atoms with Gasteiger partial charge in [0.05, 0.1) is 0 Å². The predicted octanol–water partition coefficient (Wildman–Crippen LogP) is 3.11. The first-order valence-corrected chi connectivity index (χ1v) is 10.5. The fraction of sp³-hybridized carbons (Fsp3) is 0.500. The smallest absolute Gasteiger partial charge is 0.325 e. The lowest BCUT2D eigenvalue weighted by Crippen LogP contribution is -2.43. The van der Waals surface area contributed by atoms with Crippen LogP contribution in [0.15, 0.2) is 30.5 Å². The normalized spacial score (nSPS) is 17.6. The third-order valence-corrected chi connectivity index (χ3v) is 5.41. The molecule has 1 fully saturated rings. The maximum Gasteiger partial charge on any atom is 0.325 e. The van der Waals surface area contributed by atoms with Crippen molar-refractivity contribution in [1.29, 1.82) is 0 Å². The molecule has 1 saturated heterocycles. The number of rotatable bonds is 10. The van der Waals surface area contributed by atoms with Crippen molar-refractivity contribution >= 4 is 28.7 Å². The number of nitrogens with zero attached hydrogens (tertiary/aromatic N) is 1. The molecule has 0 spiro atoms. The second-order valence-electron chi connectivity index (χ2n) is 7.81. The zero-order valence-corrected chi connectivity index (χ0v) is 17.2. The Balaban J connectivity index is 1.53. The van der Waals surface area contributed by atoms with Crippen LogP contribution in [0.2, 0.25) is 0 Å². The molecule has 156 valence electrons. The fourth-order valence-electron chi connectivity index (χ4n) is 3.80. The Hall–Kier alpha value is -2.83. The van der Waals surface area contributed by atoms with Crippen molar-refractivity contribution in [1.82, 2.24) is 20.5 Å². The van der Waals surface area contributed by atoms with Crippen molar-refractivity contribution in [2.45, 2.75) is 64.5 Å². The molecule has 0 unspecified atom stereocenters. The maximum atomic E-state index is 12.7. The number of urea groups is 1. The molecular formula is C22H30N4O3. The Morgan fingerprint density at radius 1 is 1.21 bits per heavy atom. The van der Waals surface area contributed by atoms with Crippen LogP contribution in [0.5, 0.6) is 0 Å². The lowest BCUT2D eigenvalue weighted by molar-refractivity contribution is -0.132. The predicted molar refractivity (Wildman–Crippen MR) is 112 cm³/mol. The molecular weight excluding hydrogens is 368 g/mol. The highest BCUT2D eigenvalue weighted by Gasteiger charge is 2.39. The van der Waals surface area contributed by atoms with Gasteiger partial charge in [-0.3, -0.25) is 14.5 Å². The lowest BCUT2D eigenvalue weighted by atomic mass is 10.1. The quantitative estimate of drug-likeness (QED) is 0.424. The largest absolute Gasteiger partial charge is 0.361 e. The van der Waals surface area contributed by atoms with Gasteiger partial charge in [-0.25, -0.2) is 4.79 Å². The van der Waals surface area contributed by atoms with Crippen LogP contribution >= 0.6 is 0 Å². The maximum absolute atomic E-state index is 12.7. The number of hydrogen-bond donors (Lipinski definition) is 3. The second-order valence-corrected chi connectivity index (χ2v) is 7.81. The molecule has 0 bridgehead atoms. The topological polar surface area (TPSA) is 94.3 Å². The average molecular weight is 399 g/mol. The summed E-state index contributed by atoms with van der Waals surface area (Å²) in [7, 11) is 0. The summed E-state index contributed by atoms with van der Waals surface area (Å²) in [5, 5.41) is 6.63. The van der Waals surface area contributed by atoms with Gasteiger partial charge in [-0.1, -0.05) is 50.8 Å². The molecule has 7 heteroatoms. The first-order valence-electron chi connectivity index (χ1n) is 10.5. The number of fused-ring (bicyclic) bond motifs is 1. The summed E-state index contributed by atoms with van der Waals surface area (Å²) >= 11 is 0. The van der Waals surface area contributed by atoms with Crippen LogP contribution in [-0.2, 0) is 16.0 Å². The van der Waals surface area contributed by atoms with Gasteiger partial charge in [-0.05, 0) is 25.0 Å². The number of aromatic amines is 1. The van der Waals surface area contributed by atoms with Gasteiger partial charge >= 0.3 is 6.03 Å². The van der Waals surface area contributed by atoms with E-state index in [4.69, 9.17) is 0 Å². The highest BCUT2D eigenvalue weighted by molar-refractivity contribution is 6.06. The van der Waals surface area contributed by atoms with Crippen LogP contribution in [-0.4, -0.2) is 46.4 Å². The van der Waals surface area contributed by atoms with Crippen molar-refractivity contribution < 1.29 is 14.4 Å². The van der Waals surface area contributed by atoms with E-state index in [1.54, 1.807) is 0 Å². The molecule has 1 aliphatic rings. The van der Waals surface area contributed by atoms with Crippen molar-refractivity contribution in [2.75, 3.05) is 6.54 Å². The van der Waals surface area contributed by atoms with E-state index in [9.17, 15) is 14.4 Å². The zero-order chi connectivity index (χ0) is 20.8. The van der Waals surface area contributed by atoms with Crippen LogP contribution in [0.1, 0.15) is 51.5 Å². The fourth-order valence-corrected chi connectivity index (χ4v) is 3.80. The minimum Gasteiger partial charge on any atom is -0.361 e. The van der Waals surface area contributed by atoms with E-state index < -0.39 is 12.1 Å². The molecule has 2 heterocycles. The molecule has 29 heavy (non-hydrogen) atoms. The van der Waals surface area contributed by atoms with Crippen LogP contribution in [0.4, 0.5) is 4.79 Å². The van der Waals surface area contributed by atoms with E-state index in [0.29, 0.717) is 6.42 Å². The molecule has 1 aliphatic heterocycles. The van der Waals surface area contributed by atoms with E-state index in [2.05, 4.69) is 22.5 Å². The number of hydrogen-bond acceptors (Lipinski definition) is 3. The van der Waals surface area contributed by atoms with E-state index in [1.807, 2.05) is 37.4 Å². The molecule has 4 amide bonds. The number of carbonyl (C=O) groups is 3. The minimum atomic E-state index is -0.652. The molecule has 7 nitrogen and oxygen atoms in total. The summed E-state index contributed by atoms with van der Waals surface area (Å²) in [6.45, 7) is 3.87. The standard InChI is InChI=1S/C22H30N4O3/c1-3-4-5-6-9-15(2)24-20(27)14-26-21(28)19(25-22(26)29)12-16-13-23-18-11-8-7-10-17(16)18/h7-8,10-11,13,15,19,23H,3-6,9,12,14H2,1-2H3,(H,24,27)(H,25,29)/t15-,19-/m0/s1. The molecule has 2 atom stereocenters. The number of imide groups is 1. The van der Waals surface area contributed by atoms with Gasteiger partial charge in [0.25, 0.3) is 5.91 Å². The van der Waals surface area contributed by atoms with Gasteiger partial charge in [-0.2, -0.15) is 0 Å². The second kappa shape index (κ2) is 9.58. The summed E-state index contributed by atoms with van der Waals surface area (Å²) in [5.74, 6) is -0.657. The van der Waals surface area contributed by atoms with Gasteiger partial charge in [0.2, 0.25) is 5.91 Å². The number of para-hydroxylation sites is 1. The number of benzene rings is 1. The highest BCUT2D eigenvalue weighted by Crippen LogP contribution is 2.21. The molecule has 3 rings (SSSR count). The van der Waals surface area contributed by atoms with Gasteiger partial charge in [0.1, 0.15) is 12.6 Å². The first-order chi connectivity index (χ1) is 14.0. The summed E-state index contributed by atoms with van der Waals surface area (Å²) in [5.41, 5.74) is 1.95. The number of aromatic nitrogens is 1. The summed E-state index contributed by atoms with van der Waals surface area (Å²) in [4.78, 5) is 41.4. The Morgan fingerprint density at radius 3 is 2.79 bits per heavy atom. The van der Waals surface area contributed by atoms with Crippen LogP contribution < -0.4 is 10.6 Å². The van der Waals surface area contributed by atoms with Crippen molar-refractivity contribution in [3.8, 4) is 0 Å². The van der Waals surface area contributed by atoms with Crippen LogP contribution in [0.3, 0.4) is 0 Å². The number of nitrogens with one attached hydrogen (secondary N) is 3. The molecule has 2 aromatic rings. The number of H-pyrrole nitrogens is 1. The summed E-state index contributed by atoms with van der Waals surface area (Å²) in [6, 6.07) is 6.70. The van der Waals surface area contributed by atoms with Crippen molar-refractivity contribution in [3.63, 3.8) is 0 Å². The Labute approximate surface area is 171 Å². The van der Waals surface area contributed by atoms with Gasteiger partial charge in [0.15, 0.2) is 0 Å². The van der Waals surface area contributed by atoms with E-state index in [0.717, 1.165) is 40.6 Å². The molecule has 0 aliphatic carbocycles. The SMILES string of the molecule is CCCCCC[C@H](C)NC(=O)CN1C(=O)N[C@@H](Cc2c[nH]c3ccccc23)C1=O. The third-order valence-electron chi connectivity index (χ3n) is 5.41. The Kier molecular flexibility index (Phi) is 6.90. The van der Waals surface area contributed by atoms with Crippen molar-refractivity contribution in [3.05, 3.63) is 36.0 Å². The number of unbranched alkanes of at least 4 members (excludes halogenated alkanes) is 3. The summed E-state index contributed by atoms with van der Waals surface area (Å²) < 4.78 is 0. The zero-order valence-electron chi connectivity index (χ0n) is 17.2. The van der Waals surface area contributed by atoms with Gasteiger partial charge < -0.3 is 15.6 Å². The molecule has 0 radical (unpaired) electrons. The Bertz CT molecular complexity index is 876. The number of carbonyl (C=O) groups excluding carboxylic acids is 3. The highest BCUT2D eigenvalue weighted by atomic mass is 16.2.